The van der Waals surface area contributed by atoms with Gasteiger partial charge in [0.25, 0.3) is 5.91 Å². The lowest BCUT2D eigenvalue weighted by Gasteiger charge is -2.11. The lowest BCUT2D eigenvalue weighted by molar-refractivity contribution is -0.142. The molecule has 1 N–H and O–H groups in total. The fourth-order valence-corrected chi connectivity index (χ4v) is 2.00. The molecule has 1 amide bonds. The number of amides is 1. The molecule has 4 nitrogen and oxygen atoms in total. The average molecular weight is 267 g/mol. The Balaban J connectivity index is 2.72. The van der Waals surface area contributed by atoms with Gasteiger partial charge in [0, 0.05) is 11.3 Å². The largest absolute Gasteiger partial charge is 0.467 e. The number of hydrogen-bond donors (Lipinski definition) is 1. The molecule has 18 heavy (non-hydrogen) atoms. The van der Waals surface area contributed by atoms with Gasteiger partial charge in [-0.3, -0.25) is 4.79 Å². The van der Waals surface area contributed by atoms with Gasteiger partial charge in [0.05, 0.1) is 7.11 Å². The summed E-state index contributed by atoms with van der Waals surface area (Å²) in [6.45, 7) is 1.59. The first-order valence-electron chi connectivity index (χ1n) is 5.55. The van der Waals surface area contributed by atoms with Crippen LogP contribution < -0.4 is 5.32 Å². The number of ether oxygens (including phenoxy) is 1. The van der Waals surface area contributed by atoms with Crippen molar-refractivity contribution in [1.29, 1.82) is 0 Å². The lowest BCUT2D eigenvalue weighted by Crippen LogP contribution is -2.39. The molecule has 1 unspecified atom stereocenters. The minimum Gasteiger partial charge on any atom is -0.467 e. The van der Waals surface area contributed by atoms with Crippen molar-refractivity contribution in [2.24, 2.45) is 0 Å². The zero-order valence-corrected chi connectivity index (χ0v) is 11.5. The third-order valence-corrected chi connectivity index (χ3v) is 3.02. The Hall–Kier alpha value is -1.49. The van der Waals surface area contributed by atoms with Crippen LogP contribution in [0.15, 0.2) is 24.3 Å². The number of carbonyl (C=O) groups excluding carboxylic acids is 2. The van der Waals surface area contributed by atoms with Gasteiger partial charge in [-0.15, -0.1) is 0 Å². The van der Waals surface area contributed by atoms with Crippen molar-refractivity contribution in [2.75, 3.05) is 13.4 Å². The molecule has 1 aromatic carbocycles. The second kappa shape index (κ2) is 7.06. The molecular formula is C13H17NO3S. The maximum Gasteiger partial charge on any atom is 0.328 e. The summed E-state index contributed by atoms with van der Waals surface area (Å²) in [5.41, 5.74) is 1.64. The van der Waals surface area contributed by atoms with Gasteiger partial charge in [-0.2, -0.15) is 11.8 Å². The van der Waals surface area contributed by atoms with Gasteiger partial charge in [-0.25, -0.2) is 4.79 Å². The normalized spacial score (nSPS) is 11.7. The summed E-state index contributed by atoms with van der Waals surface area (Å²) in [6, 6.07) is 6.71. The van der Waals surface area contributed by atoms with Gasteiger partial charge in [0.2, 0.25) is 0 Å². The van der Waals surface area contributed by atoms with E-state index in [2.05, 4.69) is 10.1 Å². The number of hydrogen-bond acceptors (Lipinski definition) is 4. The molecule has 0 aliphatic heterocycles. The molecule has 0 aliphatic rings. The highest BCUT2D eigenvalue weighted by Crippen LogP contribution is 2.11. The Morgan fingerprint density at radius 3 is 2.78 bits per heavy atom. The SMILES string of the molecule is COC(=O)C(C)NC(=O)c1cccc(CSC)c1. The van der Waals surface area contributed by atoms with Gasteiger partial charge in [-0.1, -0.05) is 12.1 Å². The Kier molecular flexibility index (Phi) is 5.71. The minimum absolute atomic E-state index is 0.268. The summed E-state index contributed by atoms with van der Waals surface area (Å²) in [5.74, 6) is 0.132. The fourth-order valence-electron chi connectivity index (χ4n) is 1.48. The van der Waals surface area contributed by atoms with Crippen LogP contribution in [0.1, 0.15) is 22.8 Å². The van der Waals surface area contributed by atoms with Crippen molar-refractivity contribution in [3.05, 3.63) is 35.4 Å². The molecule has 1 atom stereocenters. The predicted molar refractivity (Wildman–Crippen MR) is 72.6 cm³/mol. The van der Waals surface area contributed by atoms with Gasteiger partial charge < -0.3 is 10.1 Å². The van der Waals surface area contributed by atoms with Crippen molar-refractivity contribution in [3.63, 3.8) is 0 Å². The number of carbonyl (C=O) groups is 2. The van der Waals surface area contributed by atoms with Gasteiger partial charge in [-0.05, 0) is 30.9 Å². The van der Waals surface area contributed by atoms with E-state index in [0.717, 1.165) is 11.3 Å². The maximum absolute atomic E-state index is 11.9. The van der Waals surface area contributed by atoms with Crippen molar-refractivity contribution in [2.45, 2.75) is 18.7 Å². The Labute approximate surface area is 111 Å². The number of thioether (sulfide) groups is 1. The minimum atomic E-state index is -0.647. The van der Waals surface area contributed by atoms with Crippen LogP contribution in [0.25, 0.3) is 0 Å². The molecule has 0 saturated carbocycles. The van der Waals surface area contributed by atoms with Crippen molar-refractivity contribution in [1.82, 2.24) is 5.32 Å². The molecule has 5 heteroatoms. The topological polar surface area (TPSA) is 55.4 Å². The summed E-state index contributed by atoms with van der Waals surface area (Å²) < 4.78 is 4.55. The molecule has 0 aliphatic carbocycles. The van der Waals surface area contributed by atoms with E-state index in [9.17, 15) is 9.59 Å². The van der Waals surface area contributed by atoms with Crippen LogP contribution >= 0.6 is 11.8 Å². The van der Waals surface area contributed by atoms with Crippen LogP contribution in [0, 0.1) is 0 Å². The van der Waals surface area contributed by atoms with E-state index >= 15 is 0 Å². The smallest absolute Gasteiger partial charge is 0.328 e. The third-order valence-electron chi connectivity index (χ3n) is 2.40. The monoisotopic (exact) mass is 267 g/mol. The van der Waals surface area contributed by atoms with E-state index < -0.39 is 12.0 Å². The van der Waals surface area contributed by atoms with Crippen LogP contribution in [0.3, 0.4) is 0 Å². The Morgan fingerprint density at radius 2 is 2.17 bits per heavy atom. The van der Waals surface area contributed by atoms with Crippen molar-refractivity contribution >= 4 is 23.6 Å². The van der Waals surface area contributed by atoms with Gasteiger partial charge in [0.15, 0.2) is 0 Å². The van der Waals surface area contributed by atoms with E-state index in [-0.39, 0.29) is 5.91 Å². The second-order valence-corrected chi connectivity index (χ2v) is 4.72. The van der Waals surface area contributed by atoms with Crippen LogP contribution in [0.4, 0.5) is 0 Å². The van der Waals surface area contributed by atoms with Crippen LogP contribution in [-0.4, -0.2) is 31.3 Å². The van der Waals surface area contributed by atoms with Crippen LogP contribution in [0.2, 0.25) is 0 Å². The van der Waals surface area contributed by atoms with Crippen molar-refractivity contribution in [3.8, 4) is 0 Å². The summed E-state index contributed by atoms with van der Waals surface area (Å²) in [4.78, 5) is 23.1. The van der Waals surface area contributed by atoms with Crippen LogP contribution in [0.5, 0.6) is 0 Å². The van der Waals surface area contributed by atoms with E-state index in [1.54, 1.807) is 24.8 Å². The quantitative estimate of drug-likeness (QED) is 0.827. The molecule has 0 radical (unpaired) electrons. The number of nitrogens with one attached hydrogen (secondary N) is 1. The highest BCUT2D eigenvalue weighted by molar-refractivity contribution is 7.97. The van der Waals surface area contributed by atoms with Crippen LogP contribution in [-0.2, 0) is 15.3 Å². The number of methoxy groups -OCH3 is 1. The lowest BCUT2D eigenvalue weighted by atomic mass is 10.1. The first-order chi connectivity index (χ1) is 8.58. The first kappa shape index (κ1) is 14.6. The molecule has 98 valence electrons. The second-order valence-electron chi connectivity index (χ2n) is 3.85. The molecule has 1 rings (SSSR count). The highest BCUT2D eigenvalue weighted by atomic mass is 32.2. The van der Waals surface area contributed by atoms with E-state index in [1.807, 2.05) is 24.5 Å². The molecule has 1 aromatic rings. The Morgan fingerprint density at radius 1 is 1.44 bits per heavy atom. The van der Waals surface area contributed by atoms with E-state index in [0.29, 0.717) is 5.56 Å². The fraction of sp³-hybridized carbons (Fsp3) is 0.385. The zero-order chi connectivity index (χ0) is 13.5. The first-order valence-corrected chi connectivity index (χ1v) is 6.94. The van der Waals surface area contributed by atoms with E-state index in [1.165, 1.54) is 7.11 Å². The maximum atomic E-state index is 11.9. The molecule has 0 aromatic heterocycles. The molecular weight excluding hydrogens is 250 g/mol. The molecule has 0 heterocycles. The van der Waals surface area contributed by atoms with Gasteiger partial charge in [0.1, 0.15) is 6.04 Å². The third kappa shape index (κ3) is 4.07. The summed E-state index contributed by atoms with van der Waals surface area (Å²) in [7, 11) is 1.30. The van der Waals surface area contributed by atoms with Gasteiger partial charge >= 0.3 is 5.97 Å². The highest BCUT2D eigenvalue weighted by Gasteiger charge is 2.16. The molecule has 0 spiro atoms. The molecule has 0 bridgehead atoms. The number of benzene rings is 1. The standard InChI is InChI=1S/C13H17NO3S/c1-9(13(16)17-2)14-12(15)11-6-4-5-10(7-11)8-18-3/h4-7,9H,8H2,1-3H3,(H,14,15). The summed E-state index contributed by atoms with van der Waals surface area (Å²) in [6.07, 6.45) is 2.01. The number of esters is 1. The number of rotatable bonds is 5. The molecule has 0 fully saturated rings. The van der Waals surface area contributed by atoms with E-state index in [4.69, 9.17) is 0 Å². The zero-order valence-electron chi connectivity index (χ0n) is 10.7. The van der Waals surface area contributed by atoms with Crippen molar-refractivity contribution < 1.29 is 14.3 Å². The molecule has 0 saturated heterocycles. The Bertz CT molecular complexity index is 434. The predicted octanol–water partition coefficient (Wildman–Crippen LogP) is 1.84. The summed E-state index contributed by atoms with van der Waals surface area (Å²) >= 11 is 1.69. The average Bonchev–Trinajstić information content (AvgIpc) is 2.38. The summed E-state index contributed by atoms with van der Waals surface area (Å²) in [5, 5.41) is 2.60.